The lowest BCUT2D eigenvalue weighted by atomic mass is 10.1. The number of amides is 3. The predicted octanol–water partition coefficient (Wildman–Crippen LogP) is 3.18. The first-order valence-electron chi connectivity index (χ1n) is 10.6. The van der Waals surface area contributed by atoms with Crippen molar-refractivity contribution in [3.63, 3.8) is 0 Å². The molecule has 174 valence electrons. The molecule has 0 atom stereocenters. The Morgan fingerprint density at radius 3 is 2.37 bits per heavy atom. The van der Waals surface area contributed by atoms with Gasteiger partial charge in [0.05, 0.1) is 23.0 Å². The van der Waals surface area contributed by atoms with E-state index in [0.717, 1.165) is 17.2 Å². The van der Waals surface area contributed by atoms with Crippen molar-refractivity contribution in [2.24, 2.45) is 5.10 Å². The van der Waals surface area contributed by atoms with E-state index in [1.807, 2.05) is 31.2 Å². The molecular formula is C26H21N5O4. The number of hydrogen-bond acceptors (Lipinski definition) is 5. The zero-order chi connectivity index (χ0) is 24.8. The molecule has 0 aliphatic rings. The van der Waals surface area contributed by atoms with Crippen molar-refractivity contribution in [1.29, 1.82) is 0 Å². The van der Waals surface area contributed by atoms with Crippen LogP contribution in [0.5, 0.6) is 0 Å². The molecule has 0 bridgehead atoms. The van der Waals surface area contributed by atoms with Crippen molar-refractivity contribution < 1.29 is 14.4 Å². The Morgan fingerprint density at radius 2 is 1.57 bits per heavy atom. The average Bonchev–Trinajstić information content (AvgIpc) is 2.86. The number of para-hydroxylation sites is 2. The Bertz CT molecular complexity index is 1510. The van der Waals surface area contributed by atoms with E-state index in [2.05, 4.69) is 26.1 Å². The van der Waals surface area contributed by atoms with Gasteiger partial charge in [0.2, 0.25) is 0 Å². The van der Waals surface area contributed by atoms with Gasteiger partial charge in [-0.1, -0.05) is 48.0 Å². The Kier molecular flexibility index (Phi) is 6.78. The largest absolute Gasteiger partial charge is 0.329 e. The standard InChI is InChI=1S/C26H21N5O4/c1-16-10-12-19(13-11-16)28-24(33)20-7-3-5-9-22(20)30-25(34)26(35)31-27-15-18-14-17-6-2-4-8-21(17)29-23(18)32/h2-15H,1H3,(H,28,33)(H,29,32)(H,30,34)(H,31,35). The number of carbonyl (C=O) groups is 3. The minimum Gasteiger partial charge on any atom is -0.322 e. The Labute approximate surface area is 199 Å². The second kappa shape index (κ2) is 10.3. The summed E-state index contributed by atoms with van der Waals surface area (Å²) in [5, 5.41) is 9.67. The van der Waals surface area contributed by atoms with E-state index in [4.69, 9.17) is 0 Å². The number of aryl methyl sites for hydroxylation is 1. The molecule has 0 unspecified atom stereocenters. The van der Waals surface area contributed by atoms with Crippen molar-refractivity contribution in [1.82, 2.24) is 10.4 Å². The number of hydrogen-bond donors (Lipinski definition) is 4. The van der Waals surface area contributed by atoms with Crippen LogP contribution in [0.25, 0.3) is 10.9 Å². The van der Waals surface area contributed by atoms with E-state index in [1.54, 1.807) is 42.5 Å². The summed E-state index contributed by atoms with van der Waals surface area (Å²) in [6.45, 7) is 1.94. The summed E-state index contributed by atoms with van der Waals surface area (Å²) in [4.78, 5) is 52.2. The van der Waals surface area contributed by atoms with E-state index in [9.17, 15) is 19.2 Å². The molecule has 0 spiro atoms. The van der Waals surface area contributed by atoms with Gasteiger partial charge in [-0.2, -0.15) is 5.10 Å². The van der Waals surface area contributed by atoms with Crippen molar-refractivity contribution in [2.45, 2.75) is 6.92 Å². The molecule has 9 heteroatoms. The lowest BCUT2D eigenvalue weighted by Crippen LogP contribution is -2.33. The van der Waals surface area contributed by atoms with Crippen molar-refractivity contribution in [3.8, 4) is 0 Å². The van der Waals surface area contributed by atoms with Crippen LogP contribution < -0.4 is 21.6 Å². The van der Waals surface area contributed by atoms with Crippen LogP contribution in [0.2, 0.25) is 0 Å². The second-order valence-electron chi connectivity index (χ2n) is 7.66. The van der Waals surface area contributed by atoms with Crippen molar-refractivity contribution in [2.75, 3.05) is 10.6 Å². The Morgan fingerprint density at radius 1 is 0.857 bits per heavy atom. The van der Waals surface area contributed by atoms with Crippen LogP contribution in [0.4, 0.5) is 11.4 Å². The minimum atomic E-state index is -1.06. The lowest BCUT2D eigenvalue weighted by Gasteiger charge is -2.11. The average molecular weight is 467 g/mol. The van der Waals surface area contributed by atoms with Gasteiger partial charge in [0.25, 0.3) is 11.5 Å². The van der Waals surface area contributed by atoms with Gasteiger partial charge in [-0.05, 0) is 48.7 Å². The van der Waals surface area contributed by atoms with Crippen molar-refractivity contribution in [3.05, 3.63) is 106 Å². The maximum atomic E-state index is 12.7. The fourth-order valence-corrected chi connectivity index (χ4v) is 3.28. The normalized spacial score (nSPS) is 10.8. The minimum absolute atomic E-state index is 0.159. The van der Waals surface area contributed by atoms with Crippen LogP contribution in [0.1, 0.15) is 21.5 Å². The number of pyridine rings is 1. The Hall–Kier alpha value is -5.05. The predicted molar refractivity (Wildman–Crippen MR) is 135 cm³/mol. The number of rotatable bonds is 5. The first kappa shape index (κ1) is 23.1. The SMILES string of the molecule is Cc1ccc(NC(=O)c2ccccc2NC(=O)C(=O)NN=Cc2cc3ccccc3[nH]c2=O)cc1. The first-order chi connectivity index (χ1) is 16.9. The van der Waals surface area contributed by atoms with Crippen LogP contribution in [0.15, 0.2) is 88.8 Å². The van der Waals surface area contributed by atoms with Gasteiger partial charge < -0.3 is 15.6 Å². The summed E-state index contributed by atoms with van der Waals surface area (Å²) in [5.41, 5.74) is 4.56. The van der Waals surface area contributed by atoms with Gasteiger partial charge in [-0.25, -0.2) is 5.43 Å². The highest BCUT2D eigenvalue weighted by molar-refractivity contribution is 6.40. The summed E-state index contributed by atoms with van der Waals surface area (Å²) < 4.78 is 0. The van der Waals surface area contributed by atoms with Crippen LogP contribution in [0.3, 0.4) is 0 Å². The zero-order valence-electron chi connectivity index (χ0n) is 18.7. The van der Waals surface area contributed by atoms with E-state index < -0.39 is 17.7 Å². The monoisotopic (exact) mass is 467 g/mol. The molecule has 0 aliphatic carbocycles. The maximum absolute atomic E-state index is 12.7. The quantitative estimate of drug-likeness (QED) is 0.204. The van der Waals surface area contributed by atoms with Crippen molar-refractivity contribution >= 4 is 46.2 Å². The highest BCUT2D eigenvalue weighted by Gasteiger charge is 2.18. The molecule has 1 aromatic heterocycles. The first-order valence-corrected chi connectivity index (χ1v) is 10.6. The lowest BCUT2D eigenvalue weighted by molar-refractivity contribution is -0.136. The third-order valence-corrected chi connectivity index (χ3v) is 5.09. The van der Waals surface area contributed by atoms with Gasteiger partial charge in [-0.15, -0.1) is 0 Å². The maximum Gasteiger partial charge on any atom is 0.329 e. The zero-order valence-corrected chi connectivity index (χ0v) is 18.7. The molecular weight excluding hydrogens is 446 g/mol. The Balaban J connectivity index is 1.41. The second-order valence-corrected chi connectivity index (χ2v) is 7.66. The number of aromatic amines is 1. The van der Waals surface area contributed by atoms with Crippen LogP contribution in [-0.2, 0) is 9.59 Å². The molecule has 0 saturated carbocycles. The molecule has 0 radical (unpaired) electrons. The summed E-state index contributed by atoms with van der Waals surface area (Å²) >= 11 is 0. The van der Waals surface area contributed by atoms with Gasteiger partial charge >= 0.3 is 11.8 Å². The molecule has 3 amide bonds. The third kappa shape index (κ3) is 5.66. The number of nitrogens with zero attached hydrogens (tertiary/aromatic N) is 1. The molecule has 0 saturated heterocycles. The summed E-state index contributed by atoms with van der Waals surface area (Å²) in [6.07, 6.45) is 1.15. The number of benzene rings is 3. The van der Waals surface area contributed by atoms with E-state index in [-0.39, 0.29) is 22.4 Å². The molecule has 0 fully saturated rings. The van der Waals surface area contributed by atoms with E-state index in [0.29, 0.717) is 11.2 Å². The van der Waals surface area contributed by atoms with Crippen LogP contribution in [0, 0.1) is 6.92 Å². The number of anilines is 2. The molecule has 4 N–H and O–H groups in total. The molecule has 4 aromatic rings. The molecule has 1 heterocycles. The highest BCUT2D eigenvalue weighted by Crippen LogP contribution is 2.18. The number of H-pyrrole nitrogens is 1. The third-order valence-electron chi connectivity index (χ3n) is 5.09. The van der Waals surface area contributed by atoms with Gasteiger partial charge in [-0.3, -0.25) is 19.2 Å². The number of fused-ring (bicyclic) bond motifs is 1. The molecule has 9 nitrogen and oxygen atoms in total. The fourth-order valence-electron chi connectivity index (χ4n) is 3.28. The molecule has 3 aromatic carbocycles. The smallest absolute Gasteiger partial charge is 0.322 e. The topological polar surface area (TPSA) is 133 Å². The highest BCUT2D eigenvalue weighted by atomic mass is 16.2. The molecule has 4 rings (SSSR count). The van der Waals surface area contributed by atoms with Gasteiger partial charge in [0.15, 0.2) is 0 Å². The number of hydrazone groups is 1. The van der Waals surface area contributed by atoms with Gasteiger partial charge in [0.1, 0.15) is 0 Å². The number of carbonyl (C=O) groups excluding carboxylic acids is 3. The number of nitrogens with one attached hydrogen (secondary N) is 4. The van der Waals surface area contributed by atoms with Crippen LogP contribution in [-0.4, -0.2) is 28.9 Å². The summed E-state index contributed by atoms with van der Waals surface area (Å²) in [5.74, 6) is -2.53. The fraction of sp³-hybridized carbons (Fsp3) is 0.0385. The molecule has 0 aliphatic heterocycles. The summed E-state index contributed by atoms with van der Waals surface area (Å²) in [6, 6.07) is 22.4. The summed E-state index contributed by atoms with van der Waals surface area (Å²) in [7, 11) is 0. The van der Waals surface area contributed by atoms with Gasteiger partial charge in [0, 0.05) is 11.2 Å². The molecule has 35 heavy (non-hydrogen) atoms. The van der Waals surface area contributed by atoms with E-state index in [1.165, 1.54) is 12.1 Å². The van der Waals surface area contributed by atoms with Crippen LogP contribution >= 0.6 is 0 Å². The van der Waals surface area contributed by atoms with E-state index >= 15 is 0 Å². The number of aromatic nitrogens is 1.